The van der Waals surface area contributed by atoms with E-state index in [9.17, 15) is 19.5 Å². The zero-order valence-corrected chi connectivity index (χ0v) is 11.0. The Balaban J connectivity index is 4.58. The summed E-state index contributed by atoms with van der Waals surface area (Å²) in [6.45, 7) is 5.14. The lowest BCUT2D eigenvalue weighted by Gasteiger charge is -2.22. The van der Waals surface area contributed by atoms with Gasteiger partial charge >= 0.3 is 0 Å². The third-order valence-corrected chi connectivity index (χ3v) is 2.30. The molecule has 2 amide bonds. The van der Waals surface area contributed by atoms with Gasteiger partial charge in [0.25, 0.3) is 5.91 Å². The smallest absolute Gasteiger partial charge is 0.275 e. The molecule has 0 bridgehead atoms. The summed E-state index contributed by atoms with van der Waals surface area (Å²) in [6, 6.07) is -1.84. The predicted octanol–water partition coefficient (Wildman–Crippen LogP) is -2.99. The second-order valence-corrected chi connectivity index (χ2v) is 4.55. The van der Waals surface area contributed by atoms with E-state index in [2.05, 4.69) is 16.4 Å². The van der Waals surface area contributed by atoms with Crippen LogP contribution in [0.3, 0.4) is 0 Å². The van der Waals surface area contributed by atoms with Crippen LogP contribution in [0.2, 0.25) is 0 Å². The first-order valence-corrected chi connectivity index (χ1v) is 5.87. The van der Waals surface area contributed by atoms with E-state index in [-0.39, 0.29) is 18.4 Å². The monoisotopic (exact) mass is 259 g/mol. The number of carbonyl (C=O) groups excluding carboxylic acids is 3. The lowest BCUT2D eigenvalue weighted by molar-refractivity contribution is -0.355. The molecule has 0 fully saturated rings. The largest absolute Gasteiger partial charge is 0.548 e. The molecule has 0 aromatic carbocycles. The van der Waals surface area contributed by atoms with Crippen LogP contribution in [0.4, 0.5) is 0 Å². The van der Waals surface area contributed by atoms with Crippen LogP contribution < -0.4 is 21.5 Å². The van der Waals surface area contributed by atoms with Crippen molar-refractivity contribution in [1.29, 1.82) is 0 Å². The van der Waals surface area contributed by atoms with Gasteiger partial charge in [-0.05, 0) is 19.3 Å². The Labute approximate surface area is 106 Å². The topological polar surface area (TPSA) is 126 Å². The SMILES string of the molecule is CC(C)C[C@H](NC(=O)C[NH3+])C(=O)N[C@@H](C)C(=O)[O-]. The molecule has 0 rings (SSSR count). The Hall–Kier alpha value is -1.63. The summed E-state index contributed by atoms with van der Waals surface area (Å²) in [5, 5.41) is 15.3. The standard InChI is InChI=1S/C11H21N3O4/c1-6(2)4-8(14-9(15)5-12)10(16)13-7(3)11(17)18/h6-8H,4-5,12H2,1-3H3,(H,13,16)(H,14,15)(H,17,18)/t7-,8-/m0/s1. The Morgan fingerprint density at radius 3 is 2.11 bits per heavy atom. The van der Waals surface area contributed by atoms with E-state index < -0.39 is 24.0 Å². The van der Waals surface area contributed by atoms with Crippen LogP contribution in [0, 0.1) is 5.92 Å². The van der Waals surface area contributed by atoms with Crippen LogP contribution in [0.5, 0.6) is 0 Å². The van der Waals surface area contributed by atoms with Crippen molar-refractivity contribution < 1.29 is 25.2 Å². The summed E-state index contributed by atoms with van der Waals surface area (Å²) < 4.78 is 0. The van der Waals surface area contributed by atoms with Crippen molar-refractivity contribution in [3.8, 4) is 0 Å². The van der Waals surface area contributed by atoms with Gasteiger partial charge in [-0.15, -0.1) is 0 Å². The van der Waals surface area contributed by atoms with Crippen molar-refractivity contribution in [2.45, 2.75) is 39.3 Å². The number of carbonyl (C=O) groups is 3. The lowest BCUT2D eigenvalue weighted by Crippen LogP contribution is -2.60. The fourth-order valence-electron chi connectivity index (χ4n) is 1.34. The summed E-state index contributed by atoms with van der Waals surface area (Å²) in [7, 11) is 0. The van der Waals surface area contributed by atoms with Gasteiger partial charge in [0.05, 0.1) is 12.0 Å². The van der Waals surface area contributed by atoms with Crippen LogP contribution in [0.15, 0.2) is 0 Å². The van der Waals surface area contributed by atoms with Gasteiger partial charge in [-0.2, -0.15) is 0 Å². The average Bonchev–Trinajstić information content (AvgIpc) is 2.26. The Morgan fingerprint density at radius 1 is 1.17 bits per heavy atom. The molecule has 0 saturated heterocycles. The van der Waals surface area contributed by atoms with E-state index in [1.807, 2.05) is 13.8 Å². The molecule has 0 aliphatic carbocycles. The van der Waals surface area contributed by atoms with E-state index >= 15 is 0 Å². The molecule has 0 heterocycles. The van der Waals surface area contributed by atoms with Crippen LogP contribution in [-0.2, 0) is 14.4 Å². The molecule has 0 saturated carbocycles. The van der Waals surface area contributed by atoms with Crippen molar-refractivity contribution in [2.24, 2.45) is 5.92 Å². The van der Waals surface area contributed by atoms with Gasteiger partial charge in [-0.3, -0.25) is 9.59 Å². The summed E-state index contributed by atoms with van der Waals surface area (Å²) in [5.41, 5.74) is 3.42. The highest BCUT2D eigenvalue weighted by molar-refractivity contribution is 5.90. The molecule has 0 unspecified atom stereocenters. The molecule has 0 radical (unpaired) electrons. The first kappa shape index (κ1) is 16.4. The van der Waals surface area contributed by atoms with Crippen molar-refractivity contribution in [3.05, 3.63) is 0 Å². The van der Waals surface area contributed by atoms with Crippen molar-refractivity contribution in [1.82, 2.24) is 10.6 Å². The highest BCUT2D eigenvalue weighted by Gasteiger charge is 2.23. The van der Waals surface area contributed by atoms with Gasteiger partial charge in [-0.1, -0.05) is 13.8 Å². The summed E-state index contributed by atoms with van der Waals surface area (Å²) >= 11 is 0. The van der Waals surface area contributed by atoms with Gasteiger partial charge < -0.3 is 26.3 Å². The maximum absolute atomic E-state index is 11.8. The highest BCUT2D eigenvalue weighted by Crippen LogP contribution is 2.05. The first-order valence-electron chi connectivity index (χ1n) is 5.87. The van der Waals surface area contributed by atoms with Crippen LogP contribution >= 0.6 is 0 Å². The molecule has 0 aromatic heterocycles. The molecule has 5 N–H and O–H groups in total. The molecular weight excluding hydrogens is 238 g/mol. The number of hydrogen-bond acceptors (Lipinski definition) is 4. The maximum Gasteiger partial charge on any atom is 0.275 e. The summed E-state index contributed by atoms with van der Waals surface area (Å²) in [6.07, 6.45) is 0.428. The first-order chi connectivity index (χ1) is 8.27. The minimum Gasteiger partial charge on any atom is -0.548 e. The molecule has 7 nitrogen and oxygen atoms in total. The van der Waals surface area contributed by atoms with Crippen LogP contribution in [0.1, 0.15) is 27.2 Å². The summed E-state index contributed by atoms with van der Waals surface area (Å²) in [5.74, 6) is -2.06. The number of nitrogens with one attached hydrogen (secondary N) is 2. The van der Waals surface area contributed by atoms with E-state index in [1.165, 1.54) is 6.92 Å². The third kappa shape index (κ3) is 6.19. The second kappa shape index (κ2) is 7.65. The zero-order valence-electron chi connectivity index (χ0n) is 11.0. The van der Waals surface area contributed by atoms with E-state index in [1.54, 1.807) is 0 Å². The molecule has 2 atom stereocenters. The van der Waals surface area contributed by atoms with Gasteiger partial charge in [0.2, 0.25) is 5.91 Å². The van der Waals surface area contributed by atoms with E-state index in [0.717, 1.165) is 0 Å². The normalized spacial score (nSPS) is 13.8. The molecule has 7 heteroatoms. The van der Waals surface area contributed by atoms with Gasteiger partial charge in [0.15, 0.2) is 6.54 Å². The summed E-state index contributed by atoms with van der Waals surface area (Å²) in [4.78, 5) is 33.6. The number of aliphatic carboxylic acids is 1. The number of hydrogen-bond donors (Lipinski definition) is 3. The lowest BCUT2D eigenvalue weighted by atomic mass is 10.0. The highest BCUT2D eigenvalue weighted by atomic mass is 16.4. The number of quaternary nitrogens is 1. The van der Waals surface area contributed by atoms with Crippen LogP contribution in [0.25, 0.3) is 0 Å². The predicted molar refractivity (Wildman–Crippen MR) is 61.8 cm³/mol. The maximum atomic E-state index is 11.8. The zero-order chi connectivity index (χ0) is 14.3. The fourth-order valence-corrected chi connectivity index (χ4v) is 1.34. The number of amides is 2. The quantitative estimate of drug-likeness (QED) is 0.451. The Kier molecular flexibility index (Phi) is 6.96. The van der Waals surface area contributed by atoms with Gasteiger partial charge in [0, 0.05) is 0 Å². The van der Waals surface area contributed by atoms with Crippen molar-refractivity contribution >= 4 is 17.8 Å². The van der Waals surface area contributed by atoms with Gasteiger partial charge in [-0.25, -0.2) is 0 Å². The number of rotatable bonds is 7. The number of carboxylic acid groups (broad SMARTS) is 1. The number of carboxylic acids is 1. The van der Waals surface area contributed by atoms with Crippen molar-refractivity contribution in [2.75, 3.05) is 6.54 Å². The van der Waals surface area contributed by atoms with Gasteiger partial charge in [0.1, 0.15) is 6.04 Å². The van der Waals surface area contributed by atoms with E-state index in [4.69, 9.17) is 0 Å². The molecule has 104 valence electrons. The molecule has 0 aliphatic rings. The molecule has 18 heavy (non-hydrogen) atoms. The minimum absolute atomic E-state index is 0.0257. The van der Waals surface area contributed by atoms with Crippen molar-refractivity contribution in [3.63, 3.8) is 0 Å². The average molecular weight is 259 g/mol. The molecular formula is C11H21N3O4. The fraction of sp³-hybridized carbons (Fsp3) is 0.727. The minimum atomic E-state index is -1.37. The molecule has 0 aromatic rings. The van der Waals surface area contributed by atoms with Crippen LogP contribution in [-0.4, -0.2) is 36.4 Å². The second-order valence-electron chi connectivity index (χ2n) is 4.55. The Bertz CT molecular complexity index is 317. The Morgan fingerprint density at radius 2 is 1.72 bits per heavy atom. The van der Waals surface area contributed by atoms with E-state index in [0.29, 0.717) is 6.42 Å². The molecule has 0 spiro atoms. The molecule has 0 aliphatic heterocycles. The third-order valence-electron chi connectivity index (χ3n) is 2.30.